The molecule has 4 aliphatic rings. The molecule has 4 atom stereocenters. The van der Waals surface area contributed by atoms with Crippen LogP contribution in [0.25, 0.3) is 0 Å². The Morgan fingerprint density at radius 2 is 2.10 bits per heavy atom. The summed E-state index contributed by atoms with van der Waals surface area (Å²) >= 11 is 0. The van der Waals surface area contributed by atoms with E-state index in [4.69, 9.17) is 4.74 Å². The second kappa shape index (κ2) is 4.04. The van der Waals surface area contributed by atoms with Crippen molar-refractivity contribution in [3.05, 3.63) is 41.5 Å². The normalized spacial score (nSPS) is 36.5. The molecule has 0 heterocycles. The molecule has 108 valence electrons. The average Bonchev–Trinajstić information content (AvgIpc) is 2.52. The molecule has 4 aliphatic carbocycles. The molecule has 0 aliphatic heterocycles. The van der Waals surface area contributed by atoms with Gasteiger partial charge in [0.25, 0.3) is 0 Å². The number of phenols is 1. The third-order valence-electron chi connectivity index (χ3n) is 5.36. The molecule has 0 saturated heterocycles. The van der Waals surface area contributed by atoms with Gasteiger partial charge in [0.05, 0.1) is 17.1 Å². The third-order valence-corrected chi connectivity index (χ3v) is 5.36. The number of aromatic hydroxyl groups is 1. The Morgan fingerprint density at radius 1 is 1.29 bits per heavy atom. The number of ketones is 2. The lowest BCUT2D eigenvalue weighted by Crippen LogP contribution is -2.58. The number of rotatable bonds is 1. The van der Waals surface area contributed by atoms with Crippen molar-refractivity contribution in [1.29, 1.82) is 0 Å². The number of hydrogen-bond donors (Lipinski definition) is 1. The van der Waals surface area contributed by atoms with Gasteiger partial charge in [0.15, 0.2) is 11.6 Å². The molecule has 0 spiro atoms. The van der Waals surface area contributed by atoms with Crippen LogP contribution in [-0.2, 0) is 4.74 Å². The van der Waals surface area contributed by atoms with Gasteiger partial charge in [0.1, 0.15) is 5.75 Å². The zero-order valence-corrected chi connectivity index (χ0v) is 11.7. The fourth-order valence-corrected chi connectivity index (χ4v) is 4.34. The highest BCUT2D eigenvalue weighted by Crippen LogP contribution is 2.54. The molecule has 4 nitrogen and oxygen atoms in total. The van der Waals surface area contributed by atoms with Gasteiger partial charge < -0.3 is 9.84 Å². The fraction of sp³-hybridized carbons (Fsp3) is 0.412. The Kier molecular flexibility index (Phi) is 2.46. The van der Waals surface area contributed by atoms with Crippen LogP contribution in [0.5, 0.6) is 5.75 Å². The van der Waals surface area contributed by atoms with Crippen LogP contribution >= 0.6 is 0 Å². The van der Waals surface area contributed by atoms with Crippen molar-refractivity contribution in [3.8, 4) is 5.75 Å². The summed E-state index contributed by atoms with van der Waals surface area (Å²) < 4.78 is 5.67. The lowest BCUT2D eigenvalue weighted by atomic mass is 9.53. The summed E-state index contributed by atoms with van der Waals surface area (Å²) in [5, 5.41) is 10.0. The van der Waals surface area contributed by atoms with E-state index in [1.54, 1.807) is 19.2 Å². The van der Waals surface area contributed by atoms with E-state index >= 15 is 0 Å². The molecule has 5 rings (SSSR count). The van der Waals surface area contributed by atoms with Crippen LogP contribution in [-0.4, -0.2) is 29.4 Å². The summed E-state index contributed by atoms with van der Waals surface area (Å²) in [6.45, 7) is 0. The van der Waals surface area contributed by atoms with Gasteiger partial charge in [-0.15, -0.1) is 0 Å². The van der Waals surface area contributed by atoms with Crippen molar-refractivity contribution in [1.82, 2.24) is 0 Å². The average molecular weight is 284 g/mol. The number of Topliss-reactive ketones (excluding diaryl/α,β-unsaturated/α-hetero) is 2. The minimum absolute atomic E-state index is 0.0408. The summed E-state index contributed by atoms with van der Waals surface area (Å²) in [5.74, 6) is -1.09. The third kappa shape index (κ3) is 1.43. The number of carbonyl (C=O) groups is 2. The molecule has 1 aromatic rings. The van der Waals surface area contributed by atoms with Crippen molar-refractivity contribution < 1.29 is 19.4 Å². The molecular weight excluding hydrogens is 268 g/mol. The van der Waals surface area contributed by atoms with Crippen molar-refractivity contribution in [2.45, 2.75) is 18.4 Å². The lowest BCUT2D eigenvalue weighted by Gasteiger charge is -2.52. The van der Waals surface area contributed by atoms with Crippen LogP contribution in [0.15, 0.2) is 30.4 Å². The van der Waals surface area contributed by atoms with E-state index in [0.717, 1.165) is 12.8 Å². The van der Waals surface area contributed by atoms with Crippen molar-refractivity contribution in [3.63, 3.8) is 0 Å². The fourth-order valence-electron chi connectivity index (χ4n) is 4.34. The van der Waals surface area contributed by atoms with Gasteiger partial charge in [-0.1, -0.05) is 24.3 Å². The molecule has 1 fully saturated rings. The zero-order valence-electron chi connectivity index (χ0n) is 11.7. The van der Waals surface area contributed by atoms with Crippen LogP contribution in [0.2, 0.25) is 0 Å². The zero-order chi connectivity index (χ0) is 14.8. The molecule has 0 radical (unpaired) electrons. The Balaban J connectivity index is 1.96. The van der Waals surface area contributed by atoms with Gasteiger partial charge in [0.2, 0.25) is 0 Å². The van der Waals surface area contributed by atoms with E-state index in [2.05, 4.69) is 0 Å². The van der Waals surface area contributed by atoms with Crippen LogP contribution in [0.3, 0.4) is 0 Å². The first-order valence-electron chi connectivity index (χ1n) is 7.24. The molecule has 4 heteroatoms. The van der Waals surface area contributed by atoms with E-state index in [1.807, 2.05) is 12.2 Å². The number of hydrogen-bond acceptors (Lipinski definition) is 4. The summed E-state index contributed by atoms with van der Waals surface area (Å²) in [6, 6.07) is 4.71. The highest BCUT2D eigenvalue weighted by molar-refractivity contribution is 6.18. The Morgan fingerprint density at radius 3 is 2.76 bits per heavy atom. The molecule has 1 saturated carbocycles. The smallest absolute Gasteiger partial charge is 0.174 e. The number of benzene rings is 1. The van der Waals surface area contributed by atoms with E-state index in [-0.39, 0.29) is 34.7 Å². The second-order valence-electron chi connectivity index (χ2n) is 6.15. The second-order valence-corrected chi connectivity index (χ2v) is 6.15. The van der Waals surface area contributed by atoms with Crippen molar-refractivity contribution in [2.75, 3.05) is 7.11 Å². The molecule has 1 N–H and O–H groups in total. The van der Waals surface area contributed by atoms with Gasteiger partial charge in [-0.25, -0.2) is 0 Å². The van der Waals surface area contributed by atoms with Gasteiger partial charge in [-0.2, -0.15) is 0 Å². The Bertz CT molecular complexity index is 690. The van der Waals surface area contributed by atoms with Crippen LogP contribution in [0.1, 0.15) is 33.6 Å². The highest BCUT2D eigenvalue weighted by Gasteiger charge is 2.59. The topological polar surface area (TPSA) is 63.6 Å². The highest BCUT2D eigenvalue weighted by atomic mass is 16.5. The number of phenolic OH excluding ortho intramolecular Hbond substituents is 1. The molecule has 1 aromatic carbocycles. The van der Waals surface area contributed by atoms with Gasteiger partial charge in [-0.3, -0.25) is 9.59 Å². The first-order valence-corrected chi connectivity index (χ1v) is 7.24. The Labute approximate surface area is 122 Å². The Hall–Kier alpha value is -1.94. The number of allylic oxidation sites excluding steroid dienone is 1. The maximum absolute atomic E-state index is 12.9. The number of carbonyl (C=O) groups excluding carboxylic acids is 2. The first kappa shape index (κ1) is 12.8. The maximum Gasteiger partial charge on any atom is 0.174 e. The predicted octanol–water partition coefficient (Wildman–Crippen LogP) is 2.37. The standard InChI is InChI=1S/C17H16O4/c1-21-17-7-5-9(6-8-17)12-14(17)16(20)13-10(15(12)19)3-2-4-11(13)18/h2-5,7,9,12,14,18H,6,8H2,1H3/t9-,12+,14+,17-/m0/s1. The summed E-state index contributed by atoms with van der Waals surface area (Å²) in [5.41, 5.74) is -0.179. The predicted molar refractivity (Wildman–Crippen MR) is 75.4 cm³/mol. The first-order chi connectivity index (χ1) is 10.1. The molecular formula is C17H16O4. The van der Waals surface area contributed by atoms with Gasteiger partial charge in [0, 0.05) is 18.6 Å². The minimum Gasteiger partial charge on any atom is -0.507 e. The number of fused-ring (bicyclic) bond motifs is 2. The van der Waals surface area contributed by atoms with E-state index in [1.165, 1.54) is 6.07 Å². The van der Waals surface area contributed by atoms with Gasteiger partial charge >= 0.3 is 0 Å². The largest absolute Gasteiger partial charge is 0.507 e. The quantitative estimate of drug-likeness (QED) is 0.804. The summed E-state index contributed by atoms with van der Waals surface area (Å²) in [7, 11) is 1.59. The van der Waals surface area contributed by atoms with Crippen LogP contribution in [0, 0.1) is 17.8 Å². The van der Waals surface area contributed by atoms with Crippen molar-refractivity contribution in [2.24, 2.45) is 17.8 Å². The molecule has 0 aromatic heterocycles. The number of methoxy groups -OCH3 is 1. The molecule has 21 heavy (non-hydrogen) atoms. The molecule has 0 unspecified atom stereocenters. The van der Waals surface area contributed by atoms with Crippen LogP contribution < -0.4 is 0 Å². The van der Waals surface area contributed by atoms with E-state index in [9.17, 15) is 14.7 Å². The number of ether oxygens (including phenoxy) is 1. The van der Waals surface area contributed by atoms with Crippen LogP contribution in [0.4, 0.5) is 0 Å². The van der Waals surface area contributed by atoms with Gasteiger partial charge in [-0.05, 0) is 24.8 Å². The van der Waals surface area contributed by atoms with E-state index < -0.39 is 11.5 Å². The monoisotopic (exact) mass is 284 g/mol. The van der Waals surface area contributed by atoms with E-state index in [0.29, 0.717) is 5.56 Å². The SMILES string of the molecule is CO[C@@]12C=C[C@@H](CC1)[C@H]1C(=O)c3cccc(O)c3C(=O)[C@@H]12. The van der Waals surface area contributed by atoms with Crippen molar-refractivity contribution >= 4 is 11.6 Å². The summed E-state index contributed by atoms with van der Waals surface area (Å²) in [4.78, 5) is 25.8. The summed E-state index contributed by atoms with van der Waals surface area (Å²) in [6.07, 6.45) is 5.57. The minimum atomic E-state index is -0.702. The lowest BCUT2D eigenvalue weighted by molar-refractivity contribution is -0.0692. The maximum atomic E-state index is 12.9. The molecule has 2 bridgehead atoms. The molecule has 0 amide bonds.